The molecule has 0 aliphatic heterocycles. The van der Waals surface area contributed by atoms with Gasteiger partial charge >= 0.3 is 0 Å². The first-order chi connectivity index (χ1) is 14.6. The van der Waals surface area contributed by atoms with Gasteiger partial charge in [0.1, 0.15) is 5.82 Å². The number of imidazole rings is 1. The molecular weight excluding hydrogens is 412 g/mol. The summed E-state index contributed by atoms with van der Waals surface area (Å²) in [4.78, 5) is 17.3. The van der Waals surface area contributed by atoms with Crippen molar-refractivity contribution in [3.05, 3.63) is 59.4 Å². The van der Waals surface area contributed by atoms with Crippen molar-refractivity contribution in [3.8, 4) is 0 Å². The van der Waals surface area contributed by atoms with Crippen LogP contribution >= 0.6 is 0 Å². The number of sulfonamides is 1. The first kappa shape index (κ1) is 23.0. The fourth-order valence-electron chi connectivity index (χ4n) is 3.49. The number of nitrogens with one attached hydrogen (secondary N) is 1. The van der Waals surface area contributed by atoms with Crippen LogP contribution < -0.4 is 5.32 Å². The second kappa shape index (κ2) is 9.20. The van der Waals surface area contributed by atoms with Gasteiger partial charge < -0.3 is 9.88 Å². The van der Waals surface area contributed by atoms with Gasteiger partial charge in [0, 0.05) is 34.0 Å². The van der Waals surface area contributed by atoms with Crippen molar-refractivity contribution in [1.29, 1.82) is 0 Å². The predicted octanol–water partition coefficient (Wildman–Crippen LogP) is 3.20. The number of nitrogens with zero attached hydrogens (tertiary/aromatic N) is 3. The second-order valence-corrected chi connectivity index (χ2v) is 10.1. The minimum Gasteiger partial charge on any atom is -0.350 e. The summed E-state index contributed by atoms with van der Waals surface area (Å²) in [5.41, 5.74) is 3.77. The van der Waals surface area contributed by atoms with E-state index in [0.717, 1.165) is 23.3 Å². The van der Waals surface area contributed by atoms with Gasteiger partial charge in [-0.1, -0.05) is 31.2 Å². The quantitative estimate of drug-likeness (QED) is 0.581. The average Bonchev–Trinajstić information content (AvgIpc) is 3.07. The topological polar surface area (TPSA) is 84.3 Å². The minimum absolute atomic E-state index is 0.0463. The van der Waals surface area contributed by atoms with E-state index < -0.39 is 10.0 Å². The first-order valence-electron chi connectivity index (χ1n) is 10.4. The van der Waals surface area contributed by atoms with Gasteiger partial charge in [0.25, 0.3) is 0 Å². The van der Waals surface area contributed by atoms with Crippen LogP contribution in [0, 0.1) is 0 Å². The SMILES string of the molecule is CCc1ccc(C(C)NC(=O)CCc2nc3cc(S(=O)(=O)N(C)C)ccc3n2C)cc1. The van der Waals surface area contributed by atoms with Crippen molar-refractivity contribution in [3.63, 3.8) is 0 Å². The summed E-state index contributed by atoms with van der Waals surface area (Å²) in [5, 5.41) is 3.04. The molecule has 0 aliphatic rings. The van der Waals surface area contributed by atoms with E-state index in [9.17, 15) is 13.2 Å². The van der Waals surface area contributed by atoms with Gasteiger partial charge in [-0.05, 0) is 42.7 Å². The van der Waals surface area contributed by atoms with Crippen LogP contribution in [-0.4, -0.2) is 42.3 Å². The molecule has 0 bridgehead atoms. The molecule has 0 aliphatic carbocycles. The zero-order valence-corrected chi connectivity index (χ0v) is 19.5. The molecule has 1 atom stereocenters. The fourth-order valence-corrected chi connectivity index (χ4v) is 4.41. The molecule has 31 heavy (non-hydrogen) atoms. The van der Waals surface area contributed by atoms with Crippen LogP contribution in [0.25, 0.3) is 11.0 Å². The molecule has 1 amide bonds. The molecule has 1 heterocycles. The maximum Gasteiger partial charge on any atom is 0.242 e. The molecule has 8 heteroatoms. The zero-order valence-electron chi connectivity index (χ0n) is 18.7. The minimum atomic E-state index is -3.52. The lowest BCUT2D eigenvalue weighted by atomic mass is 10.0. The summed E-state index contributed by atoms with van der Waals surface area (Å²) in [6.07, 6.45) is 1.76. The number of rotatable bonds is 8. The molecule has 1 aromatic heterocycles. The monoisotopic (exact) mass is 442 g/mol. The van der Waals surface area contributed by atoms with E-state index >= 15 is 0 Å². The largest absolute Gasteiger partial charge is 0.350 e. The molecule has 1 unspecified atom stereocenters. The second-order valence-electron chi connectivity index (χ2n) is 7.91. The highest BCUT2D eigenvalue weighted by atomic mass is 32.2. The Bertz CT molecular complexity index is 1180. The van der Waals surface area contributed by atoms with Crippen molar-refractivity contribution >= 4 is 27.0 Å². The number of benzene rings is 2. The van der Waals surface area contributed by atoms with Crippen LogP contribution in [0.1, 0.15) is 43.3 Å². The number of carbonyl (C=O) groups excluding carboxylic acids is 1. The number of amides is 1. The Morgan fingerprint density at radius 3 is 2.45 bits per heavy atom. The van der Waals surface area contributed by atoms with Crippen molar-refractivity contribution in [2.24, 2.45) is 7.05 Å². The van der Waals surface area contributed by atoms with Gasteiger partial charge in [0.15, 0.2) is 0 Å². The molecule has 0 saturated heterocycles. The van der Waals surface area contributed by atoms with Crippen molar-refractivity contribution in [2.45, 2.75) is 44.0 Å². The summed E-state index contributed by atoms with van der Waals surface area (Å²) in [5.74, 6) is 0.694. The Morgan fingerprint density at radius 2 is 1.84 bits per heavy atom. The molecule has 7 nitrogen and oxygen atoms in total. The van der Waals surface area contributed by atoms with E-state index in [2.05, 4.69) is 41.5 Å². The van der Waals surface area contributed by atoms with Crippen LogP contribution in [0.3, 0.4) is 0 Å². The molecular formula is C23H30N4O3S. The Morgan fingerprint density at radius 1 is 1.16 bits per heavy atom. The van der Waals surface area contributed by atoms with Crippen LogP contribution in [0.15, 0.2) is 47.4 Å². The van der Waals surface area contributed by atoms with E-state index in [1.807, 2.05) is 18.5 Å². The summed E-state index contributed by atoms with van der Waals surface area (Å²) in [7, 11) is 1.36. The summed E-state index contributed by atoms with van der Waals surface area (Å²) >= 11 is 0. The molecule has 0 saturated carbocycles. The van der Waals surface area contributed by atoms with E-state index in [-0.39, 0.29) is 16.8 Å². The summed E-state index contributed by atoms with van der Waals surface area (Å²) < 4.78 is 27.8. The van der Waals surface area contributed by atoms with E-state index in [0.29, 0.717) is 18.4 Å². The molecule has 2 aromatic carbocycles. The van der Waals surface area contributed by atoms with Gasteiger partial charge in [-0.2, -0.15) is 0 Å². The van der Waals surface area contributed by atoms with Gasteiger partial charge in [-0.3, -0.25) is 4.79 Å². The molecule has 166 valence electrons. The highest BCUT2D eigenvalue weighted by Gasteiger charge is 2.19. The van der Waals surface area contributed by atoms with Gasteiger partial charge in [-0.15, -0.1) is 0 Å². The standard InChI is InChI=1S/C23H30N4O3S/c1-6-17-7-9-18(10-8-17)16(2)24-23(28)14-13-22-25-20-15-19(31(29,30)26(3)4)11-12-21(20)27(22)5/h7-12,15-16H,6,13-14H2,1-5H3,(H,24,28). The number of hydrogen-bond acceptors (Lipinski definition) is 4. The third-order valence-corrected chi connectivity index (χ3v) is 7.38. The Kier molecular flexibility index (Phi) is 6.81. The van der Waals surface area contributed by atoms with Crippen molar-refractivity contribution < 1.29 is 13.2 Å². The van der Waals surface area contributed by atoms with E-state index in [1.54, 1.807) is 18.2 Å². The van der Waals surface area contributed by atoms with Crippen LogP contribution in [-0.2, 0) is 34.7 Å². The zero-order chi connectivity index (χ0) is 22.8. The molecule has 3 aromatic rings. The maximum absolute atomic E-state index is 12.5. The number of aromatic nitrogens is 2. The number of carbonyl (C=O) groups is 1. The fraction of sp³-hybridized carbons (Fsp3) is 0.391. The molecule has 0 radical (unpaired) electrons. The Hall–Kier alpha value is -2.71. The number of hydrogen-bond donors (Lipinski definition) is 1. The molecule has 3 rings (SSSR count). The lowest BCUT2D eigenvalue weighted by Crippen LogP contribution is -2.27. The van der Waals surface area contributed by atoms with Gasteiger partial charge in [-0.25, -0.2) is 17.7 Å². The van der Waals surface area contributed by atoms with Gasteiger partial charge in [0.05, 0.1) is 22.0 Å². The maximum atomic E-state index is 12.5. The predicted molar refractivity (Wildman–Crippen MR) is 122 cm³/mol. The first-order valence-corrected chi connectivity index (χ1v) is 11.8. The average molecular weight is 443 g/mol. The molecule has 0 fully saturated rings. The van der Waals surface area contributed by atoms with Crippen LogP contribution in [0.4, 0.5) is 0 Å². The highest BCUT2D eigenvalue weighted by molar-refractivity contribution is 7.89. The van der Waals surface area contributed by atoms with Crippen molar-refractivity contribution in [2.75, 3.05) is 14.1 Å². The smallest absolute Gasteiger partial charge is 0.242 e. The van der Waals surface area contributed by atoms with E-state index in [4.69, 9.17) is 0 Å². The lowest BCUT2D eigenvalue weighted by Gasteiger charge is -2.15. The molecule has 0 spiro atoms. The number of fused-ring (bicyclic) bond motifs is 1. The Balaban J connectivity index is 1.68. The Labute approximate surface area is 184 Å². The summed E-state index contributed by atoms with van der Waals surface area (Å²) in [6, 6.07) is 13.1. The number of aryl methyl sites for hydroxylation is 3. The highest BCUT2D eigenvalue weighted by Crippen LogP contribution is 2.22. The van der Waals surface area contributed by atoms with Crippen LogP contribution in [0.5, 0.6) is 0 Å². The van der Waals surface area contributed by atoms with Crippen LogP contribution in [0.2, 0.25) is 0 Å². The normalized spacial score (nSPS) is 13.0. The summed E-state index contributed by atoms with van der Waals surface area (Å²) in [6.45, 7) is 4.09. The lowest BCUT2D eigenvalue weighted by molar-refractivity contribution is -0.121. The molecule has 1 N–H and O–H groups in total. The third-order valence-electron chi connectivity index (χ3n) is 5.56. The van der Waals surface area contributed by atoms with Gasteiger partial charge in [0.2, 0.25) is 15.9 Å². The van der Waals surface area contributed by atoms with E-state index in [1.165, 1.54) is 24.0 Å². The van der Waals surface area contributed by atoms with Crippen molar-refractivity contribution in [1.82, 2.24) is 19.2 Å². The third kappa shape index (κ3) is 4.97.